The molecule has 1 aromatic heterocycles. The maximum Gasteiger partial charge on any atom is 0.123 e. The van der Waals surface area contributed by atoms with E-state index in [0.29, 0.717) is 18.1 Å². The summed E-state index contributed by atoms with van der Waals surface area (Å²) in [5.41, 5.74) is 7.58. The molecule has 90 valence electrons. The largest absolute Gasteiger partial charge is 0.467 e. The molecule has 0 saturated heterocycles. The van der Waals surface area contributed by atoms with Crippen LogP contribution in [0.4, 0.5) is 5.69 Å². The van der Waals surface area contributed by atoms with Crippen LogP contribution in [0, 0.1) is 0 Å². The van der Waals surface area contributed by atoms with E-state index in [1.54, 1.807) is 6.26 Å². The standard InChI is InChI=1S/C13H15ClN2O/c1-16(9-12-3-2-6-17-12)11-5-4-10(8-15)13(14)7-11/h2-7H,8-9,15H2,1H3. The van der Waals surface area contributed by atoms with Gasteiger partial charge >= 0.3 is 0 Å². The summed E-state index contributed by atoms with van der Waals surface area (Å²) in [6.07, 6.45) is 1.67. The number of furan rings is 1. The molecule has 2 aromatic rings. The van der Waals surface area contributed by atoms with Crippen molar-refractivity contribution in [2.24, 2.45) is 5.73 Å². The summed E-state index contributed by atoms with van der Waals surface area (Å²) in [4.78, 5) is 2.07. The molecule has 0 saturated carbocycles. The Labute approximate surface area is 106 Å². The van der Waals surface area contributed by atoms with Gasteiger partial charge in [0.05, 0.1) is 12.8 Å². The Morgan fingerprint density at radius 2 is 2.18 bits per heavy atom. The first kappa shape index (κ1) is 12.0. The minimum Gasteiger partial charge on any atom is -0.467 e. The lowest BCUT2D eigenvalue weighted by atomic mass is 10.2. The second kappa shape index (κ2) is 5.25. The molecule has 2 N–H and O–H groups in total. The number of hydrogen-bond acceptors (Lipinski definition) is 3. The molecule has 17 heavy (non-hydrogen) atoms. The van der Waals surface area contributed by atoms with Crippen LogP contribution in [0.15, 0.2) is 41.0 Å². The van der Waals surface area contributed by atoms with Gasteiger partial charge in [0.2, 0.25) is 0 Å². The summed E-state index contributed by atoms with van der Waals surface area (Å²) in [5, 5.41) is 0.705. The molecule has 0 spiro atoms. The van der Waals surface area contributed by atoms with Crippen molar-refractivity contribution in [3.8, 4) is 0 Å². The predicted molar refractivity (Wildman–Crippen MR) is 70.2 cm³/mol. The molecule has 0 amide bonds. The molecular weight excluding hydrogens is 236 g/mol. The molecule has 0 aliphatic heterocycles. The average Bonchev–Trinajstić information content (AvgIpc) is 2.81. The van der Waals surface area contributed by atoms with Crippen LogP contribution in [-0.2, 0) is 13.1 Å². The number of anilines is 1. The van der Waals surface area contributed by atoms with Gasteiger partial charge in [-0.2, -0.15) is 0 Å². The fourth-order valence-electron chi connectivity index (χ4n) is 1.67. The van der Waals surface area contributed by atoms with Gasteiger partial charge in [-0.05, 0) is 29.8 Å². The second-order valence-corrected chi connectivity index (χ2v) is 4.32. The van der Waals surface area contributed by atoms with Crippen LogP contribution in [0.25, 0.3) is 0 Å². The molecular formula is C13H15ClN2O. The summed E-state index contributed by atoms with van der Waals surface area (Å²) in [7, 11) is 2.00. The minimum absolute atomic E-state index is 0.459. The number of hydrogen-bond donors (Lipinski definition) is 1. The van der Waals surface area contributed by atoms with Crippen molar-refractivity contribution in [1.82, 2.24) is 0 Å². The number of halogens is 1. The monoisotopic (exact) mass is 250 g/mol. The van der Waals surface area contributed by atoms with E-state index in [0.717, 1.165) is 17.0 Å². The molecule has 3 nitrogen and oxygen atoms in total. The number of nitrogens with two attached hydrogens (primary N) is 1. The van der Waals surface area contributed by atoms with Crippen LogP contribution in [0.1, 0.15) is 11.3 Å². The Balaban J connectivity index is 2.14. The van der Waals surface area contributed by atoms with Gasteiger partial charge in [0.25, 0.3) is 0 Å². The highest BCUT2D eigenvalue weighted by Crippen LogP contribution is 2.23. The predicted octanol–water partition coefficient (Wildman–Crippen LogP) is 3.03. The van der Waals surface area contributed by atoms with E-state index >= 15 is 0 Å². The van der Waals surface area contributed by atoms with Crippen molar-refractivity contribution < 1.29 is 4.42 Å². The van der Waals surface area contributed by atoms with Crippen molar-refractivity contribution in [2.75, 3.05) is 11.9 Å². The minimum atomic E-state index is 0.459. The molecule has 0 fully saturated rings. The van der Waals surface area contributed by atoms with E-state index in [9.17, 15) is 0 Å². The lowest BCUT2D eigenvalue weighted by Crippen LogP contribution is -2.16. The number of benzene rings is 1. The molecule has 1 aromatic carbocycles. The van der Waals surface area contributed by atoms with Crippen LogP contribution < -0.4 is 10.6 Å². The lowest BCUT2D eigenvalue weighted by Gasteiger charge is -2.18. The Kier molecular flexibility index (Phi) is 3.71. The van der Waals surface area contributed by atoms with Crippen molar-refractivity contribution >= 4 is 17.3 Å². The van der Waals surface area contributed by atoms with Gasteiger partial charge in [-0.3, -0.25) is 0 Å². The summed E-state index contributed by atoms with van der Waals surface area (Å²) in [6, 6.07) is 9.72. The summed E-state index contributed by atoms with van der Waals surface area (Å²) in [6.45, 7) is 1.17. The zero-order chi connectivity index (χ0) is 12.3. The topological polar surface area (TPSA) is 42.4 Å². The van der Waals surface area contributed by atoms with Crippen molar-refractivity contribution in [3.63, 3.8) is 0 Å². The van der Waals surface area contributed by atoms with E-state index in [-0.39, 0.29) is 0 Å². The van der Waals surface area contributed by atoms with E-state index in [1.165, 1.54) is 0 Å². The Hall–Kier alpha value is -1.45. The fraction of sp³-hybridized carbons (Fsp3) is 0.231. The SMILES string of the molecule is CN(Cc1ccco1)c1ccc(CN)c(Cl)c1. The van der Waals surface area contributed by atoms with Crippen LogP contribution >= 0.6 is 11.6 Å². The quantitative estimate of drug-likeness (QED) is 0.907. The van der Waals surface area contributed by atoms with E-state index in [1.807, 2.05) is 37.4 Å². The van der Waals surface area contributed by atoms with Crippen molar-refractivity contribution in [1.29, 1.82) is 0 Å². The number of nitrogens with zero attached hydrogens (tertiary/aromatic N) is 1. The highest BCUT2D eigenvalue weighted by molar-refractivity contribution is 6.31. The van der Waals surface area contributed by atoms with Gasteiger partial charge in [-0.15, -0.1) is 0 Å². The molecule has 0 unspecified atom stereocenters. The molecule has 4 heteroatoms. The fourth-order valence-corrected chi connectivity index (χ4v) is 1.92. The Bertz CT molecular complexity index is 482. The smallest absolute Gasteiger partial charge is 0.123 e. The van der Waals surface area contributed by atoms with Crippen LogP contribution in [0.3, 0.4) is 0 Å². The zero-order valence-corrected chi connectivity index (χ0v) is 10.4. The summed E-state index contributed by atoms with van der Waals surface area (Å²) in [5.74, 6) is 0.923. The van der Waals surface area contributed by atoms with Gasteiger partial charge in [-0.1, -0.05) is 17.7 Å². The lowest BCUT2D eigenvalue weighted by molar-refractivity contribution is 0.507. The maximum absolute atomic E-state index is 6.13. The van der Waals surface area contributed by atoms with E-state index < -0.39 is 0 Å². The van der Waals surface area contributed by atoms with Crippen molar-refractivity contribution in [3.05, 3.63) is 52.9 Å². The third-order valence-corrected chi connectivity index (χ3v) is 3.02. The molecule has 0 bridgehead atoms. The van der Waals surface area contributed by atoms with Gasteiger partial charge in [0.15, 0.2) is 0 Å². The first-order chi connectivity index (χ1) is 8.20. The van der Waals surface area contributed by atoms with E-state index in [4.69, 9.17) is 21.8 Å². The zero-order valence-electron chi connectivity index (χ0n) is 9.69. The molecule has 0 aliphatic rings. The molecule has 0 atom stereocenters. The van der Waals surface area contributed by atoms with E-state index in [2.05, 4.69) is 4.90 Å². The molecule has 1 heterocycles. The molecule has 0 aliphatic carbocycles. The van der Waals surface area contributed by atoms with Gasteiger partial charge in [0, 0.05) is 24.3 Å². The normalized spacial score (nSPS) is 10.5. The van der Waals surface area contributed by atoms with Crippen LogP contribution in [-0.4, -0.2) is 7.05 Å². The first-order valence-electron chi connectivity index (χ1n) is 5.42. The summed E-state index contributed by atoms with van der Waals surface area (Å²) >= 11 is 6.13. The van der Waals surface area contributed by atoms with Gasteiger partial charge < -0.3 is 15.1 Å². The number of rotatable bonds is 4. The average molecular weight is 251 g/mol. The Morgan fingerprint density at radius 1 is 1.35 bits per heavy atom. The van der Waals surface area contributed by atoms with Gasteiger partial charge in [-0.25, -0.2) is 0 Å². The van der Waals surface area contributed by atoms with Crippen LogP contribution in [0.2, 0.25) is 5.02 Å². The molecule has 2 rings (SSSR count). The maximum atomic E-state index is 6.13. The molecule has 0 radical (unpaired) electrons. The van der Waals surface area contributed by atoms with Crippen LogP contribution in [0.5, 0.6) is 0 Å². The third kappa shape index (κ3) is 2.81. The highest BCUT2D eigenvalue weighted by atomic mass is 35.5. The van der Waals surface area contributed by atoms with Crippen molar-refractivity contribution in [2.45, 2.75) is 13.1 Å². The summed E-state index contributed by atoms with van der Waals surface area (Å²) < 4.78 is 5.31. The third-order valence-electron chi connectivity index (χ3n) is 2.67. The highest BCUT2D eigenvalue weighted by Gasteiger charge is 2.06. The second-order valence-electron chi connectivity index (χ2n) is 3.92. The van der Waals surface area contributed by atoms with Gasteiger partial charge in [0.1, 0.15) is 5.76 Å². The Morgan fingerprint density at radius 3 is 2.76 bits per heavy atom. The first-order valence-corrected chi connectivity index (χ1v) is 5.80.